The number of hydrogen-bond donors (Lipinski definition) is 3. The van der Waals surface area contributed by atoms with Crippen molar-refractivity contribution in [3.63, 3.8) is 0 Å². The van der Waals surface area contributed by atoms with Gasteiger partial charge in [0.05, 0.1) is 6.26 Å². The van der Waals surface area contributed by atoms with Crippen molar-refractivity contribution in [1.29, 1.82) is 0 Å². The average molecular weight is 353 g/mol. The van der Waals surface area contributed by atoms with E-state index in [-0.39, 0.29) is 30.5 Å². The van der Waals surface area contributed by atoms with Crippen LogP contribution < -0.4 is 10.6 Å². The van der Waals surface area contributed by atoms with E-state index in [0.29, 0.717) is 11.5 Å². The van der Waals surface area contributed by atoms with Crippen molar-refractivity contribution in [2.45, 2.75) is 20.3 Å². The van der Waals surface area contributed by atoms with E-state index < -0.39 is 0 Å². The van der Waals surface area contributed by atoms with Crippen molar-refractivity contribution in [2.75, 3.05) is 11.9 Å². The van der Waals surface area contributed by atoms with Gasteiger partial charge in [-0.15, -0.1) is 0 Å². The van der Waals surface area contributed by atoms with Gasteiger partial charge < -0.3 is 15.1 Å². The number of aromatic nitrogens is 3. The fraction of sp³-hybridized carbons (Fsp3) is 0.222. The zero-order valence-electron chi connectivity index (χ0n) is 14.5. The Morgan fingerprint density at radius 1 is 1.23 bits per heavy atom. The normalized spacial score (nSPS) is 10.5. The zero-order valence-corrected chi connectivity index (χ0v) is 14.5. The summed E-state index contributed by atoms with van der Waals surface area (Å²) < 4.78 is 4.99. The number of aryl methyl sites for hydroxylation is 2. The molecule has 3 N–H and O–H groups in total. The minimum absolute atomic E-state index is 0.149. The van der Waals surface area contributed by atoms with Crippen LogP contribution in [0.25, 0.3) is 11.4 Å². The molecule has 0 bridgehead atoms. The minimum Gasteiger partial charge on any atom is -0.459 e. The molecule has 3 rings (SSSR count). The monoisotopic (exact) mass is 353 g/mol. The molecule has 2 heterocycles. The number of carbonyl (C=O) groups excluding carboxylic acids is 2. The molecule has 0 aliphatic rings. The third-order valence-electron chi connectivity index (χ3n) is 3.75. The number of nitrogens with zero attached hydrogens (tertiary/aromatic N) is 2. The lowest BCUT2D eigenvalue weighted by atomic mass is 10.1. The Morgan fingerprint density at radius 2 is 2.08 bits per heavy atom. The lowest BCUT2D eigenvalue weighted by molar-refractivity contribution is -0.116. The number of furan rings is 1. The van der Waals surface area contributed by atoms with E-state index in [9.17, 15) is 9.59 Å². The molecule has 0 atom stereocenters. The lowest BCUT2D eigenvalue weighted by Crippen LogP contribution is -2.27. The summed E-state index contributed by atoms with van der Waals surface area (Å²) in [4.78, 5) is 28.2. The second-order valence-corrected chi connectivity index (χ2v) is 5.81. The van der Waals surface area contributed by atoms with Gasteiger partial charge in [0, 0.05) is 24.2 Å². The summed E-state index contributed by atoms with van der Waals surface area (Å²) in [6.07, 6.45) is 1.57. The standard InChI is InChI=1S/C18H19N5O3/c1-11-5-6-13(17-20-12(2)22-23-17)10-14(11)21-16(24)7-8-19-18(25)15-4-3-9-26-15/h3-6,9-10H,7-8H2,1-2H3,(H,19,25)(H,21,24)(H,20,22,23). The highest BCUT2D eigenvalue weighted by Gasteiger charge is 2.11. The maximum absolute atomic E-state index is 12.2. The van der Waals surface area contributed by atoms with Gasteiger partial charge in [-0.2, -0.15) is 5.10 Å². The number of H-pyrrole nitrogens is 1. The molecule has 26 heavy (non-hydrogen) atoms. The van der Waals surface area contributed by atoms with E-state index in [1.54, 1.807) is 12.1 Å². The maximum Gasteiger partial charge on any atom is 0.286 e. The molecule has 0 spiro atoms. The Hall–Kier alpha value is -3.42. The highest BCUT2D eigenvalue weighted by molar-refractivity contribution is 5.94. The number of rotatable bonds is 6. The molecule has 8 nitrogen and oxygen atoms in total. The first-order valence-corrected chi connectivity index (χ1v) is 8.14. The van der Waals surface area contributed by atoms with Crippen LogP contribution in [0.3, 0.4) is 0 Å². The molecule has 2 aromatic heterocycles. The number of hydrogen-bond acceptors (Lipinski definition) is 5. The van der Waals surface area contributed by atoms with Crippen molar-refractivity contribution in [1.82, 2.24) is 20.5 Å². The third kappa shape index (κ3) is 4.15. The number of carbonyl (C=O) groups is 2. The Labute approximate surface area is 150 Å². The first kappa shape index (κ1) is 17.4. The van der Waals surface area contributed by atoms with Crippen LogP contribution in [-0.2, 0) is 4.79 Å². The average Bonchev–Trinajstić information content (AvgIpc) is 3.28. The third-order valence-corrected chi connectivity index (χ3v) is 3.75. The number of amides is 2. The lowest BCUT2D eigenvalue weighted by Gasteiger charge is -2.10. The fourth-order valence-corrected chi connectivity index (χ4v) is 2.36. The van der Waals surface area contributed by atoms with Gasteiger partial charge in [-0.1, -0.05) is 12.1 Å². The van der Waals surface area contributed by atoms with Crippen LogP contribution in [0.2, 0.25) is 0 Å². The summed E-state index contributed by atoms with van der Waals surface area (Å²) in [5, 5.41) is 12.4. The topological polar surface area (TPSA) is 113 Å². The second-order valence-electron chi connectivity index (χ2n) is 5.81. The molecule has 134 valence electrons. The van der Waals surface area contributed by atoms with E-state index in [2.05, 4.69) is 25.8 Å². The highest BCUT2D eigenvalue weighted by Crippen LogP contribution is 2.23. The zero-order chi connectivity index (χ0) is 18.5. The summed E-state index contributed by atoms with van der Waals surface area (Å²) in [7, 11) is 0. The van der Waals surface area contributed by atoms with Crippen LogP contribution in [0.15, 0.2) is 41.0 Å². The number of anilines is 1. The quantitative estimate of drug-likeness (QED) is 0.630. The van der Waals surface area contributed by atoms with Gasteiger partial charge in [0.2, 0.25) is 5.91 Å². The van der Waals surface area contributed by atoms with Gasteiger partial charge in [0.25, 0.3) is 5.91 Å². The summed E-state index contributed by atoms with van der Waals surface area (Å²) in [5.41, 5.74) is 2.42. The molecule has 8 heteroatoms. The summed E-state index contributed by atoms with van der Waals surface area (Å²) in [6.45, 7) is 3.94. The van der Waals surface area contributed by atoms with Gasteiger partial charge in [-0.3, -0.25) is 14.7 Å². The minimum atomic E-state index is -0.346. The molecule has 0 unspecified atom stereocenters. The summed E-state index contributed by atoms with van der Waals surface area (Å²) >= 11 is 0. The molecule has 0 fully saturated rings. The number of aromatic amines is 1. The molecule has 0 saturated heterocycles. The molecular weight excluding hydrogens is 334 g/mol. The molecule has 0 aliphatic heterocycles. The van der Waals surface area contributed by atoms with Crippen molar-refractivity contribution in [2.24, 2.45) is 0 Å². The molecule has 0 radical (unpaired) electrons. The Morgan fingerprint density at radius 3 is 2.77 bits per heavy atom. The fourth-order valence-electron chi connectivity index (χ4n) is 2.36. The van der Waals surface area contributed by atoms with Gasteiger partial charge in [-0.25, -0.2) is 4.98 Å². The van der Waals surface area contributed by atoms with Gasteiger partial charge in [-0.05, 0) is 37.6 Å². The van der Waals surface area contributed by atoms with E-state index in [1.807, 2.05) is 32.0 Å². The van der Waals surface area contributed by atoms with Crippen molar-refractivity contribution in [3.8, 4) is 11.4 Å². The summed E-state index contributed by atoms with van der Waals surface area (Å²) in [6, 6.07) is 8.83. The number of nitrogens with one attached hydrogen (secondary N) is 3. The van der Waals surface area contributed by atoms with Crippen LogP contribution in [0.1, 0.15) is 28.4 Å². The molecule has 3 aromatic rings. The Kier molecular flexibility index (Phi) is 5.12. The second kappa shape index (κ2) is 7.64. The predicted octanol–water partition coefficient (Wildman–Crippen LogP) is 2.44. The molecule has 0 aliphatic carbocycles. The van der Waals surface area contributed by atoms with Gasteiger partial charge in [0.15, 0.2) is 11.6 Å². The number of benzene rings is 1. The Bertz CT molecular complexity index is 915. The summed E-state index contributed by atoms with van der Waals surface area (Å²) in [5.74, 6) is 0.968. The largest absolute Gasteiger partial charge is 0.459 e. The van der Waals surface area contributed by atoms with Crippen LogP contribution in [0.5, 0.6) is 0 Å². The molecular formula is C18H19N5O3. The smallest absolute Gasteiger partial charge is 0.286 e. The van der Waals surface area contributed by atoms with Gasteiger partial charge >= 0.3 is 0 Å². The van der Waals surface area contributed by atoms with Crippen LogP contribution in [0, 0.1) is 13.8 Å². The van der Waals surface area contributed by atoms with Crippen LogP contribution in [0.4, 0.5) is 5.69 Å². The van der Waals surface area contributed by atoms with Crippen molar-refractivity contribution >= 4 is 17.5 Å². The van der Waals surface area contributed by atoms with Crippen LogP contribution >= 0.6 is 0 Å². The van der Waals surface area contributed by atoms with Crippen LogP contribution in [-0.4, -0.2) is 33.5 Å². The van der Waals surface area contributed by atoms with Gasteiger partial charge in [0.1, 0.15) is 5.82 Å². The van der Waals surface area contributed by atoms with E-state index >= 15 is 0 Å². The van der Waals surface area contributed by atoms with Crippen molar-refractivity contribution < 1.29 is 14.0 Å². The first-order chi connectivity index (χ1) is 12.5. The van der Waals surface area contributed by atoms with E-state index in [4.69, 9.17) is 4.42 Å². The SMILES string of the molecule is Cc1nc(-c2ccc(C)c(NC(=O)CCNC(=O)c3ccco3)c2)n[nH]1. The van der Waals surface area contributed by atoms with Crippen molar-refractivity contribution in [3.05, 3.63) is 53.7 Å². The highest BCUT2D eigenvalue weighted by atomic mass is 16.3. The predicted molar refractivity (Wildman–Crippen MR) is 95.6 cm³/mol. The van der Waals surface area contributed by atoms with E-state index in [1.165, 1.54) is 6.26 Å². The van der Waals surface area contributed by atoms with E-state index in [0.717, 1.165) is 17.0 Å². The Balaban J connectivity index is 1.57. The molecule has 2 amide bonds. The molecule has 1 aromatic carbocycles. The first-order valence-electron chi connectivity index (χ1n) is 8.14. The molecule has 0 saturated carbocycles. The maximum atomic E-state index is 12.2.